The molecular weight excluding hydrogens is 322 g/mol. The topological polar surface area (TPSA) is 108 Å². The van der Waals surface area contributed by atoms with E-state index in [9.17, 15) is 9.59 Å². The van der Waals surface area contributed by atoms with Gasteiger partial charge in [0.1, 0.15) is 6.07 Å². The zero-order chi connectivity index (χ0) is 18.4. The van der Waals surface area contributed by atoms with Gasteiger partial charge in [0.15, 0.2) is 11.5 Å². The number of esters is 1. The standard InChI is InChI=1S/C17H17N5O3/c1-11-15(21-14(8-18)16(19-2)20-11)9-22(10-23)13-6-4-12(5-7-13)17(24)25-3/h4-7,10H,9H2,1-3H3,(H,19,20). The second-order valence-corrected chi connectivity index (χ2v) is 5.09. The maximum absolute atomic E-state index is 11.5. The van der Waals surface area contributed by atoms with Gasteiger partial charge >= 0.3 is 5.97 Å². The molecule has 0 aliphatic rings. The van der Waals surface area contributed by atoms with Crippen LogP contribution in [0, 0.1) is 18.3 Å². The molecule has 2 rings (SSSR count). The Labute approximate surface area is 145 Å². The number of nitrogens with one attached hydrogen (secondary N) is 1. The van der Waals surface area contributed by atoms with Crippen LogP contribution >= 0.6 is 0 Å². The summed E-state index contributed by atoms with van der Waals surface area (Å²) in [5, 5.41) is 12.0. The molecule has 0 atom stereocenters. The van der Waals surface area contributed by atoms with Gasteiger partial charge in [-0.3, -0.25) is 4.79 Å². The number of hydrogen-bond donors (Lipinski definition) is 1. The van der Waals surface area contributed by atoms with Gasteiger partial charge in [-0.1, -0.05) is 0 Å². The first-order chi connectivity index (χ1) is 12.0. The van der Waals surface area contributed by atoms with E-state index < -0.39 is 5.97 Å². The molecule has 0 spiro atoms. The number of carbonyl (C=O) groups is 2. The van der Waals surface area contributed by atoms with Gasteiger partial charge in [-0.25, -0.2) is 14.8 Å². The molecule has 0 saturated heterocycles. The smallest absolute Gasteiger partial charge is 0.337 e. The highest BCUT2D eigenvalue weighted by Gasteiger charge is 2.15. The Bertz CT molecular complexity index is 827. The highest BCUT2D eigenvalue weighted by molar-refractivity contribution is 5.90. The lowest BCUT2D eigenvalue weighted by Crippen LogP contribution is -2.22. The molecule has 1 amide bonds. The van der Waals surface area contributed by atoms with Crippen molar-refractivity contribution in [2.75, 3.05) is 24.4 Å². The van der Waals surface area contributed by atoms with E-state index in [-0.39, 0.29) is 12.2 Å². The van der Waals surface area contributed by atoms with Crippen molar-refractivity contribution in [3.8, 4) is 6.07 Å². The number of benzene rings is 1. The number of nitriles is 1. The minimum absolute atomic E-state index is 0.151. The fourth-order valence-electron chi connectivity index (χ4n) is 2.21. The van der Waals surface area contributed by atoms with Crippen molar-refractivity contribution in [3.05, 3.63) is 46.9 Å². The van der Waals surface area contributed by atoms with Gasteiger partial charge < -0.3 is 15.0 Å². The molecule has 2 aromatic rings. The highest BCUT2D eigenvalue weighted by atomic mass is 16.5. The summed E-state index contributed by atoms with van der Waals surface area (Å²) in [6, 6.07) is 8.39. The van der Waals surface area contributed by atoms with Gasteiger partial charge in [0.2, 0.25) is 6.41 Å². The van der Waals surface area contributed by atoms with E-state index in [1.54, 1.807) is 38.2 Å². The molecule has 0 saturated carbocycles. The molecule has 1 heterocycles. The van der Waals surface area contributed by atoms with Crippen molar-refractivity contribution in [2.45, 2.75) is 13.5 Å². The Balaban J connectivity index is 2.30. The Hall–Kier alpha value is -3.47. The third-order valence-corrected chi connectivity index (χ3v) is 3.58. The van der Waals surface area contributed by atoms with Crippen LogP contribution in [0.2, 0.25) is 0 Å². The third kappa shape index (κ3) is 3.90. The largest absolute Gasteiger partial charge is 0.465 e. The predicted octanol–water partition coefficient (Wildman–Crippen LogP) is 1.65. The summed E-state index contributed by atoms with van der Waals surface area (Å²) < 4.78 is 4.64. The molecule has 0 radical (unpaired) electrons. The molecule has 128 valence electrons. The summed E-state index contributed by atoms with van der Waals surface area (Å²) in [4.78, 5) is 32.9. The average Bonchev–Trinajstić information content (AvgIpc) is 2.66. The quantitative estimate of drug-likeness (QED) is 0.629. The van der Waals surface area contributed by atoms with Gasteiger partial charge in [-0.05, 0) is 31.2 Å². The fraction of sp³-hybridized carbons (Fsp3) is 0.235. The first kappa shape index (κ1) is 17.9. The van der Waals surface area contributed by atoms with Crippen LogP contribution in [0.25, 0.3) is 0 Å². The van der Waals surface area contributed by atoms with E-state index >= 15 is 0 Å². The Morgan fingerprint density at radius 1 is 1.36 bits per heavy atom. The van der Waals surface area contributed by atoms with Crippen molar-refractivity contribution >= 4 is 23.9 Å². The monoisotopic (exact) mass is 339 g/mol. The van der Waals surface area contributed by atoms with Crippen molar-refractivity contribution in [3.63, 3.8) is 0 Å². The van der Waals surface area contributed by atoms with E-state index in [2.05, 4.69) is 20.0 Å². The van der Waals surface area contributed by atoms with Crippen molar-refractivity contribution in [1.82, 2.24) is 9.97 Å². The first-order valence-electron chi connectivity index (χ1n) is 7.39. The second kappa shape index (κ2) is 7.88. The van der Waals surface area contributed by atoms with Gasteiger partial charge in [0.05, 0.1) is 30.6 Å². The van der Waals surface area contributed by atoms with Crippen LogP contribution in [-0.4, -0.2) is 36.5 Å². The van der Waals surface area contributed by atoms with Gasteiger partial charge in [-0.15, -0.1) is 0 Å². The van der Waals surface area contributed by atoms with Gasteiger partial charge in [0, 0.05) is 12.7 Å². The minimum Gasteiger partial charge on any atom is -0.465 e. The number of hydrogen-bond acceptors (Lipinski definition) is 7. The van der Waals surface area contributed by atoms with E-state index in [4.69, 9.17) is 5.26 Å². The fourth-order valence-corrected chi connectivity index (χ4v) is 2.21. The highest BCUT2D eigenvalue weighted by Crippen LogP contribution is 2.19. The minimum atomic E-state index is -0.452. The number of aryl methyl sites for hydroxylation is 1. The molecule has 25 heavy (non-hydrogen) atoms. The van der Waals surface area contributed by atoms with E-state index in [0.717, 1.165) is 0 Å². The lowest BCUT2D eigenvalue weighted by Gasteiger charge is -2.18. The van der Waals surface area contributed by atoms with Crippen LogP contribution < -0.4 is 10.2 Å². The normalized spacial score (nSPS) is 9.84. The number of aromatic nitrogens is 2. The summed E-state index contributed by atoms with van der Waals surface area (Å²) in [7, 11) is 2.96. The van der Waals surface area contributed by atoms with Crippen LogP contribution in [-0.2, 0) is 16.1 Å². The van der Waals surface area contributed by atoms with Crippen LogP contribution in [0.15, 0.2) is 24.3 Å². The first-order valence-corrected chi connectivity index (χ1v) is 7.39. The molecular formula is C17H17N5O3. The molecule has 1 aromatic carbocycles. The lowest BCUT2D eigenvalue weighted by atomic mass is 10.2. The van der Waals surface area contributed by atoms with Crippen LogP contribution in [0.4, 0.5) is 11.5 Å². The predicted molar refractivity (Wildman–Crippen MR) is 91.1 cm³/mol. The number of rotatable bonds is 6. The molecule has 0 fully saturated rings. The second-order valence-electron chi connectivity index (χ2n) is 5.09. The average molecular weight is 339 g/mol. The van der Waals surface area contributed by atoms with E-state index in [1.807, 2.05) is 6.07 Å². The molecule has 8 heteroatoms. The number of ether oxygens (including phenoxy) is 1. The van der Waals surface area contributed by atoms with Crippen molar-refractivity contribution < 1.29 is 14.3 Å². The molecule has 0 aliphatic heterocycles. The van der Waals surface area contributed by atoms with Crippen LogP contribution in [0.5, 0.6) is 0 Å². The molecule has 0 aliphatic carbocycles. The lowest BCUT2D eigenvalue weighted by molar-refractivity contribution is -0.107. The van der Waals surface area contributed by atoms with Gasteiger partial charge in [0.25, 0.3) is 0 Å². The SMILES string of the molecule is CNc1nc(C)c(CN(C=O)c2ccc(C(=O)OC)cc2)nc1C#N. The van der Waals surface area contributed by atoms with Gasteiger partial charge in [-0.2, -0.15) is 5.26 Å². The van der Waals surface area contributed by atoms with Crippen molar-refractivity contribution in [2.24, 2.45) is 0 Å². The Kier molecular flexibility index (Phi) is 5.63. The summed E-state index contributed by atoms with van der Waals surface area (Å²) in [6.07, 6.45) is 0.659. The number of methoxy groups -OCH3 is 1. The zero-order valence-corrected chi connectivity index (χ0v) is 14.1. The number of nitrogens with zero attached hydrogens (tertiary/aromatic N) is 4. The summed E-state index contributed by atoms with van der Waals surface area (Å²) >= 11 is 0. The van der Waals surface area contributed by atoms with Crippen LogP contribution in [0.1, 0.15) is 27.4 Å². The number of anilines is 2. The van der Waals surface area contributed by atoms with Crippen LogP contribution in [0.3, 0.4) is 0 Å². The Morgan fingerprint density at radius 3 is 2.56 bits per heavy atom. The summed E-state index contributed by atoms with van der Waals surface area (Å²) in [5.41, 5.74) is 2.26. The molecule has 1 N–H and O–H groups in total. The third-order valence-electron chi connectivity index (χ3n) is 3.58. The zero-order valence-electron chi connectivity index (χ0n) is 14.1. The number of carbonyl (C=O) groups excluding carboxylic acids is 2. The number of amides is 1. The Morgan fingerprint density at radius 2 is 2.04 bits per heavy atom. The maximum Gasteiger partial charge on any atom is 0.337 e. The summed E-state index contributed by atoms with van der Waals surface area (Å²) in [6.45, 7) is 1.91. The van der Waals surface area contributed by atoms with E-state index in [1.165, 1.54) is 12.0 Å². The molecule has 1 aromatic heterocycles. The maximum atomic E-state index is 11.5. The summed E-state index contributed by atoms with van der Waals surface area (Å²) in [5.74, 6) is -0.0592. The van der Waals surface area contributed by atoms with E-state index in [0.29, 0.717) is 34.9 Å². The van der Waals surface area contributed by atoms with Crippen molar-refractivity contribution in [1.29, 1.82) is 5.26 Å². The molecule has 0 bridgehead atoms. The molecule has 0 unspecified atom stereocenters. The molecule has 8 nitrogen and oxygen atoms in total.